The lowest BCUT2D eigenvalue weighted by molar-refractivity contribution is -0.121. The second-order valence-corrected chi connectivity index (χ2v) is 6.67. The van der Waals surface area contributed by atoms with Crippen LogP contribution in [0.5, 0.6) is 5.75 Å². The average molecular weight is 415 g/mol. The van der Waals surface area contributed by atoms with Crippen molar-refractivity contribution in [3.05, 3.63) is 58.3 Å². The first-order chi connectivity index (χ1) is 12.5. The van der Waals surface area contributed by atoms with E-state index in [2.05, 4.69) is 31.4 Å². The van der Waals surface area contributed by atoms with Crippen LogP contribution in [-0.4, -0.2) is 28.3 Å². The topological polar surface area (TPSA) is 68.5 Å². The van der Waals surface area contributed by atoms with E-state index in [1.54, 1.807) is 7.11 Å². The number of methoxy groups -OCH3 is 1. The Morgan fingerprint density at radius 2 is 2.08 bits per heavy atom. The Morgan fingerprint density at radius 1 is 1.31 bits per heavy atom. The number of benzene rings is 2. The van der Waals surface area contributed by atoms with Crippen LogP contribution in [0.15, 0.2) is 52.0 Å². The van der Waals surface area contributed by atoms with E-state index in [0.29, 0.717) is 5.71 Å². The average Bonchev–Trinajstić information content (AvgIpc) is 2.95. The van der Waals surface area contributed by atoms with Gasteiger partial charge >= 0.3 is 0 Å². The number of aromatic nitrogens is 2. The quantitative estimate of drug-likeness (QED) is 0.511. The van der Waals surface area contributed by atoms with Gasteiger partial charge in [-0.05, 0) is 65.7 Å². The molecule has 1 heterocycles. The number of hydrogen-bond acceptors (Lipinski definition) is 4. The molecule has 3 rings (SSSR count). The Hall–Kier alpha value is -2.67. The van der Waals surface area contributed by atoms with Crippen LogP contribution in [0.25, 0.3) is 11.0 Å². The van der Waals surface area contributed by atoms with Crippen molar-refractivity contribution in [2.75, 3.05) is 7.11 Å². The number of amides is 1. The molecule has 0 aliphatic heterocycles. The van der Waals surface area contributed by atoms with Crippen molar-refractivity contribution in [1.29, 1.82) is 0 Å². The number of aryl methyl sites for hydroxylation is 1. The molecule has 0 saturated heterocycles. The van der Waals surface area contributed by atoms with Gasteiger partial charge in [-0.1, -0.05) is 12.1 Å². The molecule has 3 aromatic rings. The number of carbonyl (C=O) groups excluding carboxylic acids is 1. The summed E-state index contributed by atoms with van der Waals surface area (Å²) in [5, 5.41) is 4.20. The number of nitrogens with zero attached hydrogens (tertiary/aromatic N) is 3. The molecular formula is C19H19BrN4O2. The van der Waals surface area contributed by atoms with Crippen LogP contribution < -0.4 is 10.2 Å². The van der Waals surface area contributed by atoms with E-state index < -0.39 is 0 Å². The number of rotatable bonds is 5. The van der Waals surface area contributed by atoms with E-state index in [1.165, 1.54) is 0 Å². The monoisotopic (exact) mass is 414 g/mol. The molecule has 0 saturated carbocycles. The fourth-order valence-corrected chi connectivity index (χ4v) is 3.22. The van der Waals surface area contributed by atoms with Crippen molar-refractivity contribution in [1.82, 2.24) is 15.0 Å². The molecule has 6 nitrogen and oxygen atoms in total. The predicted molar refractivity (Wildman–Crippen MR) is 106 cm³/mol. The van der Waals surface area contributed by atoms with Crippen molar-refractivity contribution >= 4 is 38.6 Å². The molecular weight excluding hydrogens is 396 g/mol. The number of carbonyl (C=O) groups is 1. The van der Waals surface area contributed by atoms with Gasteiger partial charge in [0.15, 0.2) is 0 Å². The lowest BCUT2D eigenvalue weighted by Crippen LogP contribution is -2.24. The van der Waals surface area contributed by atoms with Crippen LogP contribution in [0.4, 0.5) is 0 Å². The lowest BCUT2D eigenvalue weighted by atomic mass is 10.1. The SMILES string of the molecule is COc1ccc(/C(C)=N\NC(=O)Cn2c(C)nc3ccccc32)cc1Br. The summed E-state index contributed by atoms with van der Waals surface area (Å²) in [6, 6.07) is 13.4. The van der Waals surface area contributed by atoms with Crippen molar-refractivity contribution < 1.29 is 9.53 Å². The molecule has 26 heavy (non-hydrogen) atoms. The molecule has 0 radical (unpaired) electrons. The first-order valence-electron chi connectivity index (χ1n) is 8.08. The fraction of sp³-hybridized carbons (Fsp3) is 0.211. The van der Waals surface area contributed by atoms with Gasteiger partial charge in [-0.3, -0.25) is 4.79 Å². The number of hydrazone groups is 1. The molecule has 0 fully saturated rings. The van der Waals surface area contributed by atoms with Gasteiger partial charge in [0, 0.05) is 0 Å². The zero-order valence-electron chi connectivity index (χ0n) is 14.8. The number of imidazole rings is 1. The van der Waals surface area contributed by atoms with Gasteiger partial charge in [0.25, 0.3) is 5.91 Å². The molecule has 1 aromatic heterocycles. The van der Waals surface area contributed by atoms with Crippen LogP contribution in [0.2, 0.25) is 0 Å². The minimum Gasteiger partial charge on any atom is -0.496 e. The Morgan fingerprint density at radius 3 is 2.81 bits per heavy atom. The third kappa shape index (κ3) is 3.77. The molecule has 7 heteroatoms. The predicted octanol–water partition coefficient (Wildman–Crippen LogP) is 3.66. The lowest BCUT2D eigenvalue weighted by Gasteiger charge is -2.08. The maximum atomic E-state index is 12.3. The molecule has 134 valence electrons. The molecule has 0 unspecified atom stereocenters. The normalized spacial score (nSPS) is 11.6. The number of fused-ring (bicyclic) bond motifs is 1. The summed E-state index contributed by atoms with van der Waals surface area (Å²) in [5.74, 6) is 1.33. The van der Waals surface area contributed by atoms with Crippen LogP contribution in [0, 0.1) is 6.92 Å². The second kappa shape index (κ2) is 7.70. The minimum atomic E-state index is -0.205. The van der Waals surface area contributed by atoms with E-state index in [4.69, 9.17) is 4.74 Å². The smallest absolute Gasteiger partial charge is 0.260 e. The van der Waals surface area contributed by atoms with Crippen LogP contribution >= 0.6 is 15.9 Å². The molecule has 0 spiro atoms. The Bertz CT molecular complexity index is 994. The van der Waals surface area contributed by atoms with E-state index >= 15 is 0 Å². The number of ether oxygens (including phenoxy) is 1. The maximum Gasteiger partial charge on any atom is 0.260 e. The molecule has 0 aliphatic carbocycles. The van der Waals surface area contributed by atoms with E-state index in [9.17, 15) is 4.79 Å². The Balaban J connectivity index is 1.72. The summed E-state index contributed by atoms with van der Waals surface area (Å²) in [5.41, 5.74) is 6.01. The van der Waals surface area contributed by atoms with Crippen LogP contribution in [0.3, 0.4) is 0 Å². The van der Waals surface area contributed by atoms with Gasteiger partial charge in [-0.15, -0.1) is 0 Å². The second-order valence-electron chi connectivity index (χ2n) is 5.82. The van der Waals surface area contributed by atoms with Gasteiger partial charge < -0.3 is 9.30 Å². The summed E-state index contributed by atoms with van der Waals surface area (Å²) >= 11 is 3.45. The first-order valence-corrected chi connectivity index (χ1v) is 8.88. The molecule has 1 amide bonds. The van der Waals surface area contributed by atoms with Crippen molar-refractivity contribution in [2.24, 2.45) is 5.10 Å². The summed E-state index contributed by atoms with van der Waals surface area (Å²) in [6.45, 7) is 3.89. The van der Waals surface area contributed by atoms with E-state index in [0.717, 1.165) is 32.6 Å². The van der Waals surface area contributed by atoms with Gasteiger partial charge in [-0.2, -0.15) is 5.10 Å². The summed E-state index contributed by atoms with van der Waals surface area (Å²) in [7, 11) is 1.61. The van der Waals surface area contributed by atoms with Crippen molar-refractivity contribution in [3.8, 4) is 5.75 Å². The molecule has 2 aromatic carbocycles. The minimum absolute atomic E-state index is 0.162. The third-order valence-electron chi connectivity index (χ3n) is 4.07. The number of hydrogen-bond donors (Lipinski definition) is 1. The molecule has 0 aliphatic rings. The van der Waals surface area contributed by atoms with Crippen LogP contribution in [0.1, 0.15) is 18.3 Å². The fourth-order valence-electron chi connectivity index (χ4n) is 2.68. The van der Waals surface area contributed by atoms with Gasteiger partial charge in [0.05, 0.1) is 28.3 Å². The maximum absolute atomic E-state index is 12.3. The molecule has 1 N–H and O–H groups in total. The largest absolute Gasteiger partial charge is 0.496 e. The van der Waals surface area contributed by atoms with E-state index in [-0.39, 0.29) is 12.5 Å². The van der Waals surface area contributed by atoms with Gasteiger partial charge in [-0.25, -0.2) is 10.4 Å². The third-order valence-corrected chi connectivity index (χ3v) is 4.68. The zero-order valence-corrected chi connectivity index (χ0v) is 16.4. The van der Waals surface area contributed by atoms with E-state index in [1.807, 2.05) is 60.9 Å². The Labute approximate surface area is 160 Å². The number of halogens is 1. The zero-order chi connectivity index (χ0) is 18.7. The summed E-state index contributed by atoms with van der Waals surface area (Å²) in [4.78, 5) is 16.8. The number of para-hydroxylation sites is 2. The standard InChI is InChI=1S/C19H19BrN4O2/c1-12(14-8-9-18(26-3)15(20)10-14)22-23-19(25)11-24-13(2)21-16-6-4-5-7-17(16)24/h4-10H,11H2,1-3H3,(H,23,25)/b22-12-. The number of nitrogens with one attached hydrogen (secondary N) is 1. The van der Waals surface area contributed by atoms with Gasteiger partial charge in [0.1, 0.15) is 18.1 Å². The first kappa shape index (κ1) is 18.1. The van der Waals surface area contributed by atoms with Crippen molar-refractivity contribution in [2.45, 2.75) is 20.4 Å². The summed E-state index contributed by atoms with van der Waals surface area (Å²) < 4.78 is 7.92. The molecule has 0 bridgehead atoms. The highest BCUT2D eigenvalue weighted by molar-refractivity contribution is 9.10. The van der Waals surface area contributed by atoms with Gasteiger partial charge in [0.2, 0.25) is 0 Å². The molecule has 0 atom stereocenters. The highest BCUT2D eigenvalue weighted by atomic mass is 79.9. The summed E-state index contributed by atoms with van der Waals surface area (Å²) in [6.07, 6.45) is 0. The highest BCUT2D eigenvalue weighted by Gasteiger charge is 2.10. The van der Waals surface area contributed by atoms with Crippen LogP contribution in [-0.2, 0) is 11.3 Å². The Kier molecular flexibility index (Phi) is 5.37. The van der Waals surface area contributed by atoms with Crippen molar-refractivity contribution in [3.63, 3.8) is 0 Å². The highest BCUT2D eigenvalue weighted by Crippen LogP contribution is 2.25.